The van der Waals surface area contributed by atoms with Crippen molar-refractivity contribution in [3.05, 3.63) is 47.5 Å². The smallest absolute Gasteiger partial charge is 0.226 e. The van der Waals surface area contributed by atoms with Crippen molar-refractivity contribution < 1.29 is 9.53 Å². The van der Waals surface area contributed by atoms with Crippen molar-refractivity contribution in [1.29, 1.82) is 0 Å². The lowest BCUT2D eigenvalue weighted by molar-refractivity contribution is -0.115. The molecule has 0 aliphatic heterocycles. The molecule has 130 valence electrons. The Balaban J connectivity index is 1.53. The lowest BCUT2D eigenvalue weighted by Gasteiger charge is -2.03. The van der Waals surface area contributed by atoms with Crippen molar-refractivity contribution >= 4 is 44.4 Å². The van der Waals surface area contributed by atoms with Gasteiger partial charge in [-0.15, -0.1) is 11.8 Å². The summed E-state index contributed by atoms with van der Waals surface area (Å²) in [7, 11) is 1.65. The molecule has 1 aromatic heterocycles. The summed E-state index contributed by atoms with van der Waals surface area (Å²) in [5.41, 5.74) is 3.40. The van der Waals surface area contributed by atoms with Gasteiger partial charge in [-0.1, -0.05) is 11.3 Å². The first-order chi connectivity index (χ1) is 12.0. The van der Waals surface area contributed by atoms with E-state index in [0.717, 1.165) is 26.6 Å². The van der Waals surface area contributed by atoms with Crippen molar-refractivity contribution in [2.75, 3.05) is 18.2 Å². The van der Waals surface area contributed by atoms with Gasteiger partial charge in [0.25, 0.3) is 0 Å². The molecule has 2 aromatic carbocycles. The topological polar surface area (TPSA) is 51.2 Å². The van der Waals surface area contributed by atoms with Gasteiger partial charge in [0.05, 0.1) is 17.3 Å². The fraction of sp³-hybridized carbons (Fsp3) is 0.263. The zero-order valence-corrected chi connectivity index (χ0v) is 16.1. The van der Waals surface area contributed by atoms with Gasteiger partial charge in [-0.05, 0) is 61.4 Å². The molecule has 0 spiro atoms. The number of aryl methyl sites for hydroxylation is 2. The highest BCUT2D eigenvalue weighted by atomic mass is 32.2. The second-order valence-corrected chi connectivity index (χ2v) is 7.94. The van der Waals surface area contributed by atoms with Gasteiger partial charge in [-0.25, -0.2) is 4.98 Å². The number of hydrogen-bond donors (Lipinski definition) is 1. The van der Waals surface area contributed by atoms with E-state index in [1.807, 2.05) is 24.3 Å². The molecular formula is C19H20N2O2S2. The number of hydrogen-bond acceptors (Lipinski definition) is 5. The van der Waals surface area contributed by atoms with Crippen LogP contribution in [0.25, 0.3) is 10.2 Å². The third kappa shape index (κ3) is 4.52. The molecule has 0 aliphatic rings. The number of ether oxygens (including phenoxy) is 1. The van der Waals surface area contributed by atoms with Gasteiger partial charge in [0.1, 0.15) is 5.75 Å². The fourth-order valence-corrected chi connectivity index (χ4v) is 4.16. The molecule has 1 heterocycles. The van der Waals surface area contributed by atoms with Crippen LogP contribution < -0.4 is 10.1 Å². The van der Waals surface area contributed by atoms with Crippen molar-refractivity contribution in [1.82, 2.24) is 4.98 Å². The Hall–Kier alpha value is -2.05. The van der Waals surface area contributed by atoms with Gasteiger partial charge < -0.3 is 10.1 Å². The first kappa shape index (κ1) is 17.8. The minimum Gasteiger partial charge on any atom is -0.497 e. The van der Waals surface area contributed by atoms with Gasteiger partial charge >= 0.3 is 0 Å². The maximum absolute atomic E-state index is 12.1. The number of thiazole rings is 1. The van der Waals surface area contributed by atoms with Crippen molar-refractivity contribution in [3.8, 4) is 5.75 Å². The molecule has 25 heavy (non-hydrogen) atoms. The largest absolute Gasteiger partial charge is 0.497 e. The van der Waals surface area contributed by atoms with Crippen LogP contribution in [0, 0.1) is 13.8 Å². The minimum atomic E-state index is -0.00601. The van der Waals surface area contributed by atoms with E-state index in [4.69, 9.17) is 4.74 Å². The molecule has 0 saturated carbocycles. The standard InChI is InChI=1S/C19H20N2O2S2/c1-12-10-16-17(11-13(12)2)25-19(20-16)21-18(22)8-9-24-15-6-4-14(23-3)5-7-15/h4-7,10-11H,8-9H2,1-3H3,(H,20,21,22). The molecule has 4 nitrogen and oxygen atoms in total. The SMILES string of the molecule is COc1ccc(SCCC(=O)Nc2nc3cc(C)c(C)cc3s2)cc1. The maximum atomic E-state index is 12.1. The number of amides is 1. The summed E-state index contributed by atoms with van der Waals surface area (Å²) in [4.78, 5) is 17.8. The highest BCUT2D eigenvalue weighted by molar-refractivity contribution is 7.99. The van der Waals surface area contributed by atoms with Crippen LogP contribution in [0.5, 0.6) is 5.75 Å². The van der Waals surface area contributed by atoms with Crippen LogP contribution in [0.2, 0.25) is 0 Å². The quantitative estimate of drug-likeness (QED) is 0.616. The minimum absolute atomic E-state index is 0.00601. The first-order valence-corrected chi connectivity index (χ1v) is 9.80. The maximum Gasteiger partial charge on any atom is 0.226 e. The predicted molar refractivity (Wildman–Crippen MR) is 106 cm³/mol. The summed E-state index contributed by atoms with van der Waals surface area (Å²) >= 11 is 3.17. The number of aromatic nitrogens is 1. The number of carbonyl (C=O) groups is 1. The molecule has 0 aliphatic carbocycles. The monoisotopic (exact) mass is 372 g/mol. The molecule has 6 heteroatoms. The Bertz CT molecular complexity index is 849. The van der Waals surface area contributed by atoms with Gasteiger partial charge in [0.2, 0.25) is 5.91 Å². The molecule has 0 radical (unpaired) electrons. The van der Waals surface area contributed by atoms with Crippen LogP contribution >= 0.6 is 23.1 Å². The molecular weight excluding hydrogens is 352 g/mol. The summed E-state index contributed by atoms with van der Waals surface area (Å²) in [5, 5.41) is 3.58. The van der Waals surface area contributed by atoms with Crippen LogP contribution in [-0.2, 0) is 4.79 Å². The normalized spacial score (nSPS) is 10.8. The molecule has 0 saturated heterocycles. The Morgan fingerprint density at radius 3 is 2.64 bits per heavy atom. The highest BCUT2D eigenvalue weighted by Crippen LogP contribution is 2.28. The molecule has 0 fully saturated rings. The number of rotatable bonds is 6. The predicted octanol–water partition coefficient (Wildman–Crippen LogP) is 5.04. The van der Waals surface area contributed by atoms with E-state index < -0.39 is 0 Å². The highest BCUT2D eigenvalue weighted by Gasteiger charge is 2.09. The van der Waals surface area contributed by atoms with Gasteiger partial charge in [0.15, 0.2) is 5.13 Å². The van der Waals surface area contributed by atoms with E-state index in [-0.39, 0.29) is 5.91 Å². The average molecular weight is 373 g/mol. The number of methoxy groups -OCH3 is 1. The summed E-state index contributed by atoms with van der Waals surface area (Å²) in [6.45, 7) is 4.16. The summed E-state index contributed by atoms with van der Waals surface area (Å²) in [6.07, 6.45) is 0.449. The fourth-order valence-electron chi connectivity index (χ4n) is 2.35. The summed E-state index contributed by atoms with van der Waals surface area (Å²) < 4.78 is 6.24. The molecule has 0 unspecified atom stereocenters. The van der Waals surface area contributed by atoms with Gasteiger partial charge in [-0.2, -0.15) is 0 Å². The van der Waals surface area contributed by atoms with Crippen molar-refractivity contribution in [3.63, 3.8) is 0 Å². The summed E-state index contributed by atoms with van der Waals surface area (Å²) in [6, 6.07) is 12.0. The van der Waals surface area contributed by atoms with Crippen molar-refractivity contribution in [2.45, 2.75) is 25.2 Å². The van der Waals surface area contributed by atoms with Crippen LogP contribution in [0.4, 0.5) is 5.13 Å². The Morgan fingerprint density at radius 1 is 1.20 bits per heavy atom. The third-order valence-electron chi connectivity index (χ3n) is 3.91. The first-order valence-electron chi connectivity index (χ1n) is 7.99. The van der Waals surface area contributed by atoms with E-state index in [1.165, 1.54) is 22.5 Å². The molecule has 3 rings (SSSR count). The molecule has 0 atom stereocenters. The Kier molecular flexibility index (Phi) is 5.60. The lowest BCUT2D eigenvalue weighted by Crippen LogP contribution is -2.11. The zero-order valence-electron chi connectivity index (χ0n) is 14.5. The van der Waals surface area contributed by atoms with Crippen molar-refractivity contribution in [2.24, 2.45) is 0 Å². The van der Waals surface area contributed by atoms with E-state index in [9.17, 15) is 4.79 Å². The Morgan fingerprint density at radius 2 is 1.92 bits per heavy atom. The number of fused-ring (bicyclic) bond motifs is 1. The average Bonchev–Trinajstić information content (AvgIpc) is 2.96. The second-order valence-electron chi connectivity index (χ2n) is 5.75. The third-order valence-corrected chi connectivity index (χ3v) is 5.85. The molecule has 3 aromatic rings. The zero-order chi connectivity index (χ0) is 17.8. The summed E-state index contributed by atoms with van der Waals surface area (Å²) in [5.74, 6) is 1.55. The number of benzene rings is 2. The number of anilines is 1. The number of carbonyl (C=O) groups excluding carboxylic acids is 1. The number of thioether (sulfide) groups is 1. The second kappa shape index (κ2) is 7.89. The number of nitrogens with one attached hydrogen (secondary N) is 1. The van der Waals surface area contributed by atoms with Gasteiger partial charge in [0, 0.05) is 17.1 Å². The van der Waals surface area contributed by atoms with Crippen LogP contribution in [-0.4, -0.2) is 23.8 Å². The molecule has 0 bridgehead atoms. The Labute approximate surface area is 155 Å². The van der Waals surface area contributed by atoms with E-state index in [0.29, 0.717) is 11.6 Å². The van der Waals surface area contributed by atoms with E-state index >= 15 is 0 Å². The van der Waals surface area contributed by atoms with Crippen LogP contribution in [0.15, 0.2) is 41.3 Å². The van der Waals surface area contributed by atoms with Crippen LogP contribution in [0.3, 0.4) is 0 Å². The van der Waals surface area contributed by atoms with Crippen LogP contribution in [0.1, 0.15) is 17.5 Å². The van der Waals surface area contributed by atoms with E-state index in [1.54, 1.807) is 18.9 Å². The molecule has 1 amide bonds. The number of nitrogens with zero attached hydrogens (tertiary/aromatic N) is 1. The van der Waals surface area contributed by atoms with Gasteiger partial charge in [-0.3, -0.25) is 4.79 Å². The van der Waals surface area contributed by atoms with E-state index in [2.05, 4.69) is 36.3 Å². The molecule has 1 N–H and O–H groups in total. The lowest BCUT2D eigenvalue weighted by atomic mass is 10.1.